The Morgan fingerprint density at radius 3 is 3.06 bits per heavy atom. The number of oxime groups is 1. The van der Waals surface area contributed by atoms with Crippen molar-refractivity contribution in [2.75, 3.05) is 5.88 Å². The Morgan fingerprint density at radius 1 is 1.62 bits per heavy atom. The molecule has 1 aromatic rings. The van der Waals surface area contributed by atoms with Gasteiger partial charge in [-0.2, -0.15) is 0 Å². The Bertz CT molecular complexity index is 447. The topological polar surface area (TPSA) is 64.7 Å². The highest BCUT2D eigenvalue weighted by molar-refractivity contribution is 6.18. The Kier molecular flexibility index (Phi) is 3.05. The van der Waals surface area contributed by atoms with Gasteiger partial charge in [0.25, 0.3) is 5.69 Å². The van der Waals surface area contributed by atoms with E-state index in [2.05, 4.69) is 5.16 Å². The minimum atomic E-state index is -0.432. The number of nitro benzene ring substituents is 1. The molecule has 2 rings (SSSR count). The average molecular weight is 241 g/mol. The number of benzene rings is 1. The molecule has 0 bridgehead atoms. The minimum Gasteiger partial charge on any atom is -0.391 e. The summed E-state index contributed by atoms with van der Waals surface area (Å²) in [4.78, 5) is 15.2. The second kappa shape index (κ2) is 4.49. The predicted octanol–water partition coefficient (Wildman–Crippen LogP) is 2.33. The van der Waals surface area contributed by atoms with Gasteiger partial charge in [-0.05, 0) is 0 Å². The van der Waals surface area contributed by atoms with Crippen LogP contribution in [0.2, 0.25) is 0 Å². The molecule has 0 unspecified atom stereocenters. The zero-order valence-corrected chi connectivity index (χ0v) is 9.05. The maximum Gasteiger partial charge on any atom is 0.270 e. The lowest BCUT2D eigenvalue weighted by Crippen LogP contribution is -2.09. The van der Waals surface area contributed by atoms with Crippen molar-refractivity contribution in [3.63, 3.8) is 0 Å². The fourth-order valence-electron chi connectivity index (χ4n) is 1.48. The van der Waals surface area contributed by atoms with Crippen molar-refractivity contribution in [2.24, 2.45) is 5.16 Å². The Morgan fingerprint density at radius 2 is 2.44 bits per heavy atom. The average Bonchev–Trinajstić information content (AvgIpc) is 2.77. The predicted molar refractivity (Wildman–Crippen MR) is 59.8 cm³/mol. The molecule has 0 amide bonds. The van der Waals surface area contributed by atoms with Gasteiger partial charge in [-0.25, -0.2) is 0 Å². The van der Waals surface area contributed by atoms with Gasteiger partial charge in [0.1, 0.15) is 6.10 Å². The molecule has 1 aliphatic heterocycles. The SMILES string of the molecule is O=[N+]([O-])c1cccc(C2=NO[C@@H](CCl)C2)c1. The van der Waals surface area contributed by atoms with Crippen molar-refractivity contribution in [2.45, 2.75) is 12.5 Å². The largest absolute Gasteiger partial charge is 0.391 e. The van der Waals surface area contributed by atoms with Crippen molar-refractivity contribution in [1.82, 2.24) is 0 Å². The Hall–Kier alpha value is -1.62. The van der Waals surface area contributed by atoms with Crippen molar-refractivity contribution in [3.05, 3.63) is 39.9 Å². The van der Waals surface area contributed by atoms with E-state index in [0.717, 1.165) is 0 Å². The molecule has 0 fully saturated rings. The van der Waals surface area contributed by atoms with Gasteiger partial charge in [-0.1, -0.05) is 17.3 Å². The van der Waals surface area contributed by atoms with Crippen LogP contribution < -0.4 is 0 Å². The van der Waals surface area contributed by atoms with Crippen LogP contribution in [0.15, 0.2) is 29.4 Å². The zero-order valence-electron chi connectivity index (χ0n) is 8.30. The second-order valence-corrected chi connectivity index (χ2v) is 3.74. The normalized spacial score (nSPS) is 19.1. The van der Waals surface area contributed by atoms with Gasteiger partial charge in [0, 0.05) is 24.1 Å². The molecule has 1 aromatic carbocycles. The maximum atomic E-state index is 10.6. The first-order valence-corrected chi connectivity index (χ1v) is 5.27. The lowest BCUT2D eigenvalue weighted by Gasteiger charge is -2.01. The summed E-state index contributed by atoms with van der Waals surface area (Å²) < 4.78 is 0. The van der Waals surface area contributed by atoms with E-state index in [-0.39, 0.29) is 11.8 Å². The molecule has 0 saturated heterocycles. The molecule has 16 heavy (non-hydrogen) atoms. The van der Waals surface area contributed by atoms with Crippen LogP contribution in [0, 0.1) is 10.1 Å². The number of nitrogens with zero attached hydrogens (tertiary/aromatic N) is 2. The molecule has 1 aliphatic rings. The van der Waals surface area contributed by atoms with Gasteiger partial charge in [-0.15, -0.1) is 11.6 Å². The summed E-state index contributed by atoms with van der Waals surface area (Å²) in [5.74, 6) is 0.363. The van der Waals surface area contributed by atoms with Crippen LogP contribution in [0.25, 0.3) is 0 Å². The molecule has 5 nitrogen and oxygen atoms in total. The van der Waals surface area contributed by atoms with Gasteiger partial charge in [-0.3, -0.25) is 10.1 Å². The quantitative estimate of drug-likeness (QED) is 0.463. The molecule has 84 valence electrons. The summed E-state index contributed by atoms with van der Waals surface area (Å²) in [7, 11) is 0. The first-order chi connectivity index (χ1) is 7.70. The highest BCUT2D eigenvalue weighted by Crippen LogP contribution is 2.20. The molecular weight excluding hydrogens is 232 g/mol. The van der Waals surface area contributed by atoms with Crippen LogP contribution in [0.3, 0.4) is 0 Å². The monoisotopic (exact) mass is 240 g/mol. The van der Waals surface area contributed by atoms with Crippen molar-refractivity contribution in [3.8, 4) is 0 Å². The van der Waals surface area contributed by atoms with E-state index < -0.39 is 4.92 Å². The molecule has 0 spiro atoms. The number of hydrogen-bond donors (Lipinski definition) is 0. The Balaban J connectivity index is 2.22. The summed E-state index contributed by atoms with van der Waals surface area (Å²) in [5.41, 5.74) is 1.46. The highest BCUT2D eigenvalue weighted by Gasteiger charge is 2.22. The molecule has 1 heterocycles. The number of alkyl halides is 1. The number of non-ortho nitro benzene ring substituents is 1. The summed E-state index contributed by atoms with van der Waals surface area (Å²) in [6, 6.07) is 6.33. The first-order valence-electron chi connectivity index (χ1n) is 4.74. The second-order valence-electron chi connectivity index (χ2n) is 3.43. The van der Waals surface area contributed by atoms with E-state index in [4.69, 9.17) is 16.4 Å². The molecule has 1 atom stereocenters. The molecule has 0 N–H and O–H groups in total. The lowest BCUT2D eigenvalue weighted by atomic mass is 10.1. The highest BCUT2D eigenvalue weighted by atomic mass is 35.5. The van der Waals surface area contributed by atoms with Crippen LogP contribution >= 0.6 is 11.6 Å². The summed E-state index contributed by atoms with van der Waals surface area (Å²) in [5, 5.41) is 14.5. The van der Waals surface area contributed by atoms with Crippen LogP contribution in [0.1, 0.15) is 12.0 Å². The fraction of sp³-hybridized carbons (Fsp3) is 0.300. The van der Waals surface area contributed by atoms with E-state index >= 15 is 0 Å². The molecule has 0 aliphatic carbocycles. The van der Waals surface area contributed by atoms with Crippen LogP contribution in [-0.2, 0) is 4.84 Å². The van der Waals surface area contributed by atoms with Gasteiger partial charge >= 0.3 is 0 Å². The van der Waals surface area contributed by atoms with Crippen molar-refractivity contribution in [1.29, 1.82) is 0 Å². The smallest absolute Gasteiger partial charge is 0.270 e. The third-order valence-corrected chi connectivity index (χ3v) is 2.64. The van der Waals surface area contributed by atoms with E-state index in [1.165, 1.54) is 12.1 Å². The van der Waals surface area contributed by atoms with E-state index in [0.29, 0.717) is 23.6 Å². The van der Waals surface area contributed by atoms with E-state index in [1.54, 1.807) is 12.1 Å². The third kappa shape index (κ3) is 2.14. The maximum absolute atomic E-state index is 10.6. The minimum absolute atomic E-state index is 0.0505. The number of hydrogen-bond acceptors (Lipinski definition) is 4. The van der Waals surface area contributed by atoms with Gasteiger partial charge in [0.15, 0.2) is 0 Å². The van der Waals surface area contributed by atoms with Gasteiger partial charge in [0.2, 0.25) is 0 Å². The number of rotatable bonds is 3. The van der Waals surface area contributed by atoms with Crippen molar-refractivity contribution >= 4 is 23.0 Å². The fourth-order valence-corrected chi connectivity index (χ4v) is 1.65. The van der Waals surface area contributed by atoms with Gasteiger partial charge < -0.3 is 4.84 Å². The third-order valence-electron chi connectivity index (χ3n) is 2.30. The molecule has 6 heteroatoms. The van der Waals surface area contributed by atoms with Crippen LogP contribution in [0.4, 0.5) is 5.69 Å². The Labute approximate surface area is 96.8 Å². The summed E-state index contributed by atoms with van der Waals surface area (Å²) >= 11 is 5.64. The van der Waals surface area contributed by atoms with E-state index in [1.807, 2.05) is 0 Å². The number of nitro groups is 1. The molecular formula is C10H9ClN2O3. The van der Waals surface area contributed by atoms with E-state index in [9.17, 15) is 10.1 Å². The molecule has 0 aromatic heterocycles. The van der Waals surface area contributed by atoms with Gasteiger partial charge in [0.05, 0.1) is 16.5 Å². The molecule has 0 saturated carbocycles. The summed E-state index contributed by atoms with van der Waals surface area (Å²) in [6.07, 6.45) is 0.459. The summed E-state index contributed by atoms with van der Waals surface area (Å²) in [6.45, 7) is 0. The van der Waals surface area contributed by atoms with Crippen molar-refractivity contribution < 1.29 is 9.76 Å². The number of halogens is 1. The molecule has 0 radical (unpaired) electrons. The zero-order chi connectivity index (χ0) is 11.5. The standard InChI is InChI=1S/C10H9ClN2O3/c11-6-9-5-10(12-16-9)7-2-1-3-8(4-7)13(14)15/h1-4,9H,5-6H2/t9-/m1/s1. The van der Waals surface area contributed by atoms with Crippen LogP contribution in [0.5, 0.6) is 0 Å². The van der Waals surface area contributed by atoms with Crippen LogP contribution in [-0.4, -0.2) is 22.6 Å². The lowest BCUT2D eigenvalue weighted by molar-refractivity contribution is -0.384. The first kappa shape index (κ1) is 10.9.